The lowest BCUT2D eigenvalue weighted by Crippen LogP contribution is -2.69. The van der Waals surface area contributed by atoms with Crippen LogP contribution >= 0.6 is 0 Å². The minimum absolute atomic E-state index is 0.0203. The average molecular weight is 555 g/mol. The summed E-state index contributed by atoms with van der Waals surface area (Å²) in [6, 6.07) is 1.85. The SMILES string of the molecule is C/C=C(\C)C(=O)O[C@@H]1[C@@H]2C[C@H]3[C@@H]4CC(=O)O[C@@H](c5ccoc5)[C@]4(C)CC[C@@H]3[C@@](C)(C2=O)[C@@H](CC(=O)OC)C1(C)C. The maximum absolute atomic E-state index is 14.5. The number of ketones is 1. The minimum Gasteiger partial charge on any atom is -0.472 e. The van der Waals surface area contributed by atoms with Gasteiger partial charge >= 0.3 is 17.9 Å². The first kappa shape index (κ1) is 28.6. The largest absolute Gasteiger partial charge is 0.472 e. The number of furan rings is 1. The fourth-order valence-corrected chi connectivity index (χ4v) is 9.23. The van der Waals surface area contributed by atoms with Gasteiger partial charge in [-0.25, -0.2) is 4.79 Å². The van der Waals surface area contributed by atoms with E-state index in [0.29, 0.717) is 12.0 Å². The van der Waals surface area contributed by atoms with Gasteiger partial charge in [-0.1, -0.05) is 33.8 Å². The summed E-state index contributed by atoms with van der Waals surface area (Å²) in [5.74, 6) is -1.99. The van der Waals surface area contributed by atoms with Crippen molar-refractivity contribution in [2.45, 2.75) is 85.9 Å². The zero-order chi connectivity index (χ0) is 29.2. The Labute approximate surface area is 236 Å². The molecular weight excluding hydrogens is 512 g/mol. The highest BCUT2D eigenvalue weighted by Crippen LogP contribution is 2.70. The van der Waals surface area contributed by atoms with E-state index in [9.17, 15) is 19.2 Å². The van der Waals surface area contributed by atoms with Crippen molar-refractivity contribution in [3.8, 4) is 0 Å². The van der Waals surface area contributed by atoms with E-state index in [1.807, 2.05) is 26.8 Å². The molecule has 4 aliphatic rings. The number of fused-ring (bicyclic) bond motifs is 6. The van der Waals surface area contributed by atoms with Crippen molar-refractivity contribution in [1.29, 1.82) is 0 Å². The van der Waals surface area contributed by atoms with Crippen LogP contribution in [0.2, 0.25) is 0 Å². The Morgan fingerprint density at radius 3 is 2.50 bits per heavy atom. The highest BCUT2D eigenvalue weighted by Gasteiger charge is 2.71. The average Bonchev–Trinajstić information content (AvgIpc) is 3.45. The predicted molar refractivity (Wildman–Crippen MR) is 144 cm³/mol. The summed E-state index contributed by atoms with van der Waals surface area (Å²) in [7, 11) is 1.36. The number of allylic oxidation sites excluding steroid dienone is 1. The fourth-order valence-electron chi connectivity index (χ4n) is 9.23. The van der Waals surface area contributed by atoms with E-state index < -0.39 is 40.8 Å². The van der Waals surface area contributed by atoms with Gasteiger partial charge in [0.05, 0.1) is 25.6 Å². The molecule has 2 heterocycles. The van der Waals surface area contributed by atoms with Crippen molar-refractivity contribution >= 4 is 23.7 Å². The highest BCUT2D eigenvalue weighted by atomic mass is 16.6. The molecule has 5 rings (SSSR count). The van der Waals surface area contributed by atoms with Crippen LogP contribution in [-0.4, -0.2) is 36.9 Å². The molecule has 1 aliphatic heterocycles. The van der Waals surface area contributed by atoms with Crippen LogP contribution in [0.4, 0.5) is 0 Å². The van der Waals surface area contributed by atoms with Crippen LogP contribution in [0.15, 0.2) is 34.7 Å². The lowest BCUT2D eigenvalue weighted by molar-refractivity contribution is -0.230. The number of methoxy groups -OCH3 is 1. The van der Waals surface area contributed by atoms with Gasteiger partial charge < -0.3 is 18.6 Å². The molecule has 0 spiro atoms. The molecule has 0 aromatic carbocycles. The Morgan fingerprint density at radius 1 is 1.15 bits per heavy atom. The maximum Gasteiger partial charge on any atom is 0.333 e. The summed E-state index contributed by atoms with van der Waals surface area (Å²) in [5.41, 5.74) is -0.529. The lowest BCUT2D eigenvalue weighted by Gasteiger charge is -2.66. The summed E-state index contributed by atoms with van der Waals surface area (Å²) in [6.07, 6.45) is 6.21. The van der Waals surface area contributed by atoms with E-state index in [2.05, 4.69) is 6.92 Å². The maximum atomic E-state index is 14.5. The Bertz CT molecular complexity index is 1230. The zero-order valence-corrected chi connectivity index (χ0v) is 24.7. The summed E-state index contributed by atoms with van der Waals surface area (Å²) >= 11 is 0. The minimum atomic E-state index is -0.836. The number of Topliss-reactive ketones (excluding diaryl/α,β-unsaturated/α-hetero) is 1. The van der Waals surface area contributed by atoms with E-state index in [0.717, 1.165) is 18.4 Å². The summed E-state index contributed by atoms with van der Waals surface area (Å²) in [5, 5.41) is 0. The first-order valence-electron chi connectivity index (χ1n) is 14.5. The van der Waals surface area contributed by atoms with Gasteiger partial charge in [-0.15, -0.1) is 0 Å². The Kier molecular flexibility index (Phi) is 7.07. The number of carbonyl (C=O) groups excluding carboxylic acids is 4. The summed E-state index contributed by atoms with van der Waals surface area (Å²) in [4.78, 5) is 53.4. The third-order valence-corrected chi connectivity index (χ3v) is 11.4. The van der Waals surface area contributed by atoms with Crippen molar-refractivity contribution in [3.05, 3.63) is 35.8 Å². The molecule has 2 bridgehead atoms. The Balaban J connectivity index is 1.61. The third kappa shape index (κ3) is 4.07. The second-order valence-corrected chi connectivity index (χ2v) is 13.5. The van der Waals surface area contributed by atoms with E-state index in [1.54, 1.807) is 32.4 Å². The Hall–Kier alpha value is -2.90. The molecule has 1 aromatic heterocycles. The lowest BCUT2D eigenvalue weighted by atomic mass is 9.37. The number of hydrogen-bond acceptors (Lipinski definition) is 8. The number of hydrogen-bond donors (Lipinski definition) is 0. The van der Waals surface area contributed by atoms with Crippen molar-refractivity contribution in [2.24, 2.45) is 45.8 Å². The van der Waals surface area contributed by atoms with Gasteiger partial charge in [0.15, 0.2) is 0 Å². The van der Waals surface area contributed by atoms with Gasteiger partial charge in [0.1, 0.15) is 18.0 Å². The molecule has 9 atom stereocenters. The highest BCUT2D eigenvalue weighted by molar-refractivity contribution is 5.92. The zero-order valence-electron chi connectivity index (χ0n) is 24.7. The molecular formula is C32H42O8. The van der Waals surface area contributed by atoms with Gasteiger partial charge in [-0.3, -0.25) is 14.4 Å². The number of esters is 3. The molecule has 0 radical (unpaired) electrons. The second kappa shape index (κ2) is 9.88. The molecule has 40 heavy (non-hydrogen) atoms. The predicted octanol–water partition coefficient (Wildman–Crippen LogP) is 5.61. The molecule has 3 saturated carbocycles. The standard InChI is InChI=1S/C32H42O8/c1-8-17(2)29(36)40-28-20-13-19-21(32(6,26(20)35)23(30(28,3)4)15-24(33)37-7)9-11-31(5)22(19)14-25(34)39-27(31)18-10-12-38-16-18/h8,10,12,16,19-23,27-28H,9,11,13-15H2,1-7H3/b17-8+/t19-,20-,21+,22+,23+,27+,28-,31-,32-/m1/s1. The van der Waals surface area contributed by atoms with Gasteiger partial charge in [0.2, 0.25) is 0 Å². The second-order valence-electron chi connectivity index (χ2n) is 13.5. The van der Waals surface area contributed by atoms with Gasteiger partial charge in [-0.05, 0) is 62.8 Å². The number of rotatable bonds is 5. The molecule has 4 fully saturated rings. The topological polar surface area (TPSA) is 109 Å². The van der Waals surface area contributed by atoms with Crippen molar-refractivity contribution in [2.75, 3.05) is 7.11 Å². The van der Waals surface area contributed by atoms with Crippen molar-refractivity contribution in [3.63, 3.8) is 0 Å². The van der Waals surface area contributed by atoms with E-state index in [-0.39, 0.29) is 53.7 Å². The third-order valence-electron chi connectivity index (χ3n) is 11.4. The van der Waals surface area contributed by atoms with Crippen molar-refractivity contribution < 1.29 is 37.8 Å². The molecule has 218 valence electrons. The molecule has 1 aromatic rings. The van der Waals surface area contributed by atoms with Crippen LogP contribution in [0.5, 0.6) is 0 Å². The number of ether oxygens (including phenoxy) is 3. The number of cyclic esters (lactones) is 1. The van der Waals surface area contributed by atoms with Crippen LogP contribution in [0, 0.1) is 45.8 Å². The molecule has 0 N–H and O–H groups in total. The van der Waals surface area contributed by atoms with Gasteiger partial charge in [0, 0.05) is 40.2 Å². The fraction of sp³-hybridized carbons (Fsp3) is 0.688. The smallest absolute Gasteiger partial charge is 0.333 e. The van der Waals surface area contributed by atoms with Crippen LogP contribution in [0.1, 0.15) is 85.3 Å². The monoisotopic (exact) mass is 554 g/mol. The van der Waals surface area contributed by atoms with Crippen LogP contribution in [0.3, 0.4) is 0 Å². The van der Waals surface area contributed by atoms with Crippen molar-refractivity contribution in [1.82, 2.24) is 0 Å². The Morgan fingerprint density at radius 2 is 1.88 bits per heavy atom. The van der Waals surface area contributed by atoms with E-state index in [4.69, 9.17) is 18.6 Å². The summed E-state index contributed by atoms with van der Waals surface area (Å²) in [6.45, 7) is 11.7. The first-order valence-corrected chi connectivity index (χ1v) is 14.5. The summed E-state index contributed by atoms with van der Waals surface area (Å²) < 4.78 is 22.6. The molecule has 1 saturated heterocycles. The molecule has 8 heteroatoms. The van der Waals surface area contributed by atoms with Crippen LogP contribution in [0.25, 0.3) is 0 Å². The molecule has 0 unspecified atom stereocenters. The number of carbonyl (C=O) groups is 4. The van der Waals surface area contributed by atoms with E-state index >= 15 is 0 Å². The van der Waals surface area contributed by atoms with Crippen LogP contribution < -0.4 is 0 Å². The van der Waals surface area contributed by atoms with Crippen LogP contribution in [-0.2, 0) is 33.4 Å². The first-order chi connectivity index (χ1) is 18.8. The normalized spacial score (nSPS) is 40.4. The molecule has 3 aliphatic carbocycles. The van der Waals surface area contributed by atoms with Gasteiger partial charge in [-0.2, -0.15) is 0 Å². The molecule has 8 nitrogen and oxygen atoms in total. The quantitative estimate of drug-likeness (QED) is 0.263. The molecule has 0 amide bonds. The van der Waals surface area contributed by atoms with Gasteiger partial charge in [0.25, 0.3) is 0 Å². The van der Waals surface area contributed by atoms with E-state index in [1.165, 1.54) is 7.11 Å².